The van der Waals surface area contributed by atoms with Gasteiger partial charge in [-0.3, -0.25) is 9.59 Å². The summed E-state index contributed by atoms with van der Waals surface area (Å²) in [4.78, 5) is 23.8. The summed E-state index contributed by atoms with van der Waals surface area (Å²) in [6, 6.07) is 11.6. The fourth-order valence-corrected chi connectivity index (χ4v) is 3.23. The first kappa shape index (κ1) is 19.2. The van der Waals surface area contributed by atoms with Crippen LogP contribution in [0.3, 0.4) is 0 Å². The highest BCUT2D eigenvalue weighted by atomic mass is 79.9. The highest BCUT2D eigenvalue weighted by Crippen LogP contribution is 2.22. The molecule has 5 heteroatoms. The summed E-state index contributed by atoms with van der Waals surface area (Å²) in [5, 5.41) is 12.0. The predicted molar refractivity (Wildman–Crippen MR) is 103 cm³/mol. The molecule has 0 heterocycles. The molecule has 0 aliphatic carbocycles. The zero-order valence-electron chi connectivity index (χ0n) is 14.6. The van der Waals surface area contributed by atoms with Crippen molar-refractivity contribution in [1.29, 1.82) is 0 Å². The molecular weight excluding hydrogens is 382 g/mol. The molecule has 2 aromatic carbocycles. The number of anilines is 1. The number of aliphatic carboxylic acids is 1. The third-order valence-corrected chi connectivity index (χ3v) is 4.85. The first-order valence-corrected chi connectivity index (χ1v) is 8.90. The average Bonchev–Trinajstić information content (AvgIpc) is 2.49. The Morgan fingerprint density at radius 3 is 2.28 bits per heavy atom. The predicted octanol–water partition coefficient (Wildman–Crippen LogP) is 4.65. The number of amides is 1. The van der Waals surface area contributed by atoms with Gasteiger partial charge in [0.05, 0.1) is 12.3 Å². The average molecular weight is 404 g/mol. The van der Waals surface area contributed by atoms with Gasteiger partial charge in [-0.25, -0.2) is 0 Å². The monoisotopic (exact) mass is 403 g/mol. The molecular formula is C20H22BrNO3. The molecule has 1 unspecified atom stereocenters. The lowest BCUT2D eigenvalue weighted by molar-refractivity contribution is -0.140. The fourth-order valence-electron chi connectivity index (χ4n) is 2.85. The number of benzene rings is 2. The van der Waals surface area contributed by atoms with Gasteiger partial charge in [-0.2, -0.15) is 0 Å². The summed E-state index contributed by atoms with van der Waals surface area (Å²) in [5.41, 5.74) is 4.90. The van der Waals surface area contributed by atoms with Gasteiger partial charge in [0.1, 0.15) is 0 Å². The lowest BCUT2D eigenvalue weighted by Gasteiger charge is -2.16. The van der Waals surface area contributed by atoms with E-state index in [0.717, 1.165) is 26.7 Å². The topological polar surface area (TPSA) is 66.4 Å². The lowest BCUT2D eigenvalue weighted by atomic mass is 9.93. The van der Waals surface area contributed by atoms with Crippen molar-refractivity contribution < 1.29 is 14.7 Å². The Bertz CT molecular complexity index is 781. The molecule has 2 rings (SSSR count). The van der Waals surface area contributed by atoms with Crippen molar-refractivity contribution in [2.75, 3.05) is 5.32 Å². The van der Waals surface area contributed by atoms with E-state index in [0.29, 0.717) is 12.1 Å². The molecule has 2 N–H and O–H groups in total. The highest BCUT2D eigenvalue weighted by molar-refractivity contribution is 9.10. The van der Waals surface area contributed by atoms with E-state index >= 15 is 0 Å². The molecule has 0 bridgehead atoms. The molecule has 0 fully saturated rings. The normalized spacial score (nSPS) is 11.8. The zero-order chi connectivity index (χ0) is 18.6. The Labute approximate surface area is 156 Å². The standard InChI is InChI=1S/C20H22BrNO3/c1-12-6-13(2)8-15(7-12)9-16(10-19(23)24)20(25)22-17-5-4-14(3)18(21)11-17/h4-8,11,16H,9-10H2,1-3H3,(H,22,25)(H,23,24). The maximum Gasteiger partial charge on any atom is 0.304 e. The molecule has 0 saturated heterocycles. The van der Waals surface area contributed by atoms with Crippen molar-refractivity contribution in [3.63, 3.8) is 0 Å². The quantitative estimate of drug-likeness (QED) is 0.737. The first-order valence-electron chi connectivity index (χ1n) is 8.10. The van der Waals surface area contributed by atoms with E-state index in [1.54, 1.807) is 0 Å². The number of aryl methyl sites for hydroxylation is 3. The Morgan fingerprint density at radius 2 is 1.72 bits per heavy atom. The molecule has 1 amide bonds. The van der Waals surface area contributed by atoms with E-state index in [-0.39, 0.29) is 12.3 Å². The second-order valence-corrected chi connectivity index (χ2v) is 7.30. The number of carboxylic acid groups (broad SMARTS) is 1. The number of hydrogen-bond donors (Lipinski definition) is 2. The van der Waals surface area contributed by atoms with Crippen molar-refractivity contribution in [2.24, 2.45) is 5.92 Å². The van der Waals surface area contributed by atoms with Gasteiger partial charge in [0.15, 0.2) is 0 Å². The van der Waals surface area contributed by atoms with Gasteiger partial charge < -0.3 is 10.4 Å². The van der Waals surface area contributed by atoms with Gasteiger partial charge in [-0.1, -0.05) is 51.3 Å². The summed E-state index contributed by atoms with van der Waals surface area (Å²) >= 11 is 3.44. The number of carbonyl (C=O) groups excluding carboxylic acids is 1. The zero-order valence-corrected chi connectivity index (χ0v) is 16.2. The second kappa shape index (κ2) is 8.30. The van der Waals surface area contributed by atoms with Gasteiger partial charge in [-0.15, -0.1) is 0 Å². The van der Waals surface area contributed by atoms with Crippen molar-refractivity contribution in [3.8, 4) is 0 Å². The molecule has 25 heavy (non-hydrogen) atoms. The van der Waals surface area contributed by atoms with Crippen LogP contribution in [0, 0.1) is 26.7 Å². The largest absolute Gasteiger partial charge is 0.481 e. The summed E-state index contributed by atoms with van der Waals surface area (Å²) in [6.45, 7) is 5.95. The van der Waals surface area contributed by atoms with Crippen LogP contribution in [0.2, 0.25) is 0 Å². The maximum absolute atomic E-state index is 12.6. The third-order valence-electron chi connectivity index (χ3n) is 3.99. The molecule has 0 radical (unpaired) electrons. The van der Waals surface area contributed by atoms with Crippen LogP contribution in [0.5, 0.6) is 0 Å². The smallest absolute Gasteiger partial charge is 0.304 e. The van der Waals surface area contributed by atoms with E-state index in [1.807, 2.05) is 51.1 Å². The molecule has 0 aliphatic rings. The van der Waals surface area contributed by atoms with E-state index in [2.05, 4.69) is 27.3 Å². The summed E-state index contributed by atoms with van der Waals surface area (Å²) in [6.07, 6.45) is 0.194. The molecule has 0 saturated carbocycles. The molecule has 2 aromatic rings. The van der Waals surface area contributed by atoms with E-state index < -0.39 is 11.9 Å². The summed E-state index contributed by atoms with van der Waals surface area (Å²) in [5.74, 6) is -1.88. The minimum atomic E-state index is -0.977. The lowest BCUT2D eigenvalue weighted by Crippen LogP contribution is -2.27. The van der Waals surface area contributed by atoms with Crippen LogP contribution >= 0.6 is 15.9 Å². The maximum atomic E-state index is 12.6. The Kier molecular flexibility index (Phi) is 6.37. The highest BCUT2D eigenvalue weighted by Gasteiger charge is 2.22. The van der Waals surface area contributed by atoms with Gasteiger partial charge in [-0.05, 0) is 50.5 Å². The summed E-state index contributed by atoms with van der Waals surface area (Å²) in [7, 11) is 0. The van der Waals surface area contributed by atoms with Crippen molar-refractivity contribution in [1.82, 2.24) is 0 Å². The minimum absolute atomic E-state index is 0.203. The van der Waals surface area contributed by atoms with Crippen LogP contribution in [0.4, 0.5) is 5.69 Å². The number of rotatable bonds is 6. The Hall–Kier alpha value is -2.14. The molecule has 0 aliphatic heterocycles. The Morgan fingerprint density at radius 1 is 1.08 bits per heavy atom. The van der Waals surface area contributed by atoms with Crippen LogP contribution in [0.1, 0.15) is 28.7 Å². The molecule has 0 aromatic heterocycles. The Balaban J connectivity index is 2.18. The van der Waals surface area contributed by atoms with Crippen LogP contribution in [0.15, 0.2) is 40.9 Å². The first-order chi connectivity index (χ1) is 11.7. The number of nitrogens with one attached hydrogen (secondary N) is 1. The minimum Gasteiger partial charge on any atom is -0.481 e. The SMILES string of the molecule is Cc1cc(C)cc(CC(CC(=O)O)C(=O)Nc2ccc(C)c(Br)c2)c1. The van der Waals surface area contributed by atoms with Crippen LogP contribution in [-0.4, -0.2) is 17.0 Å². The van der Waals surface area contributed by atoms with Crippen molar-refractivity contribution in [2.45, 2.75) is 33.6 Å². The second-order valence-electron chi connectivity index (χ2n) is 6.45. The number of carboxylic acids is 1. The van der Waals surface area contributed by atoms with E-state index in [1.165, 1.54) is 0 Å². The van der Waals surface area contributed by atoms with Crippen molar-refractivity contribution in [3.05, 3.63) is 63.1 Å². The molecule has 132 valence electrons. The van der Waals surface area contributed by atoms with E-state index in [4.69, 9.17) is 0 Å². The van der Waals surface area contributed by atoms with Crippen molar-refractivity contribution >= 4 is 33.5 Å². The number of carbonyl (C=O) groups is 2. The van der Waals surface area contributed by atoms with E-state index in [9.17, 15) is 14.7 Å². The molecule has 4 nitrogen and oxygen atoms in total. The third kappa shape index (κ3) is 5.71. The summed E-state index contributed by atoms with van der Waals surface area (Å²) < 4.78 is 0.898. The number of halogens is 1. The van der Waals surface area contributed by atoms with Gasteiger partial charge in [0.25, 0.3) is 0 Å². The molecule has 1 atom stereocenters. The van der Waals surface area contributed by atoms with Crippen LogP contribution in [0.25, 0.3) is 0 Å². The van der Waals surface area contributed by atoms with Gasteiger partial charge >= 0.3 is 5.97 Å². The van der Waals surface area contributed by atoms with Gasteiger partial charge in [0, 0.05) is 10.2 Å². The fraction of sp³-hybridized carbons (Fsp3) is 0.300. The number of hydrogen-bond acceptors (Lipinski definition) is 2. The van der Waals surface area contributed by atoms with Crippen LogP contribution < -0.4 is 5.32 Å². The van der Waals surface area contributed by atoms with Gasteiger partial charge in [0.2, 0.25) is 5.91 Å². The molecule has 0 spiro atoms. The van der Waals surface area contributed by atoms with Crippen LogP contribution in [-0.2, 0) is 16.0 Å².